The van der Waals surface area contributed by atoms with E-state index in [0.717, 1.165) is 11.3 Å². The standard InChI is InChI=1S/C10H14N2O/c1-8-6-9(13)4-5-10(8)12(3)7-11-2/h4-7,13H,1-3H3. The largest absolute Gasteiger partial charge is 0.508 e. The van der Waals surface area contributed by atoms with Crippen LogP contribution in [0.5, 0.6) is 5.75 Å². The molecule has 1 aromatic rings. The summed E-state index contributed by atoms with van der Waals surface area (Å²) in [6.45, 7) is 1.95. The summed E-state index contributed by atoms with van der Waals surface area (Å²) in [5, 5.41) is 9.20. The first kappa shape index (κ1) is 9.58. The van der Waals surface area contributed by atoms with Crippen LogP contribution < -0.4 is 4.90 Å². The molecule has 1 aromatic carbocycles. The second-order valence-corrected chi connectivity index (χ2v) is 2.96. The predicted molar refractivity (Wildman–Crippen MR) is 55.7 cm³/mol. The second-order valence-electron chi connectivity index (χ2n) is 2.96. The number of phenolic OH excluding ortho intramolecular Hbond substituents is 1. The van der Waals surface area contributed by atoms with Crippen LogP contribution in [0, 0.1) is 6.92 Å². The summed E-state index contributed by atoms with van der Waals surface area (Å²) in [5.74, 6) is 0.295. The van der Waals surface area contributed by atoms with Gasteiger partial charge in [-0.3, -0.25) is 4.99 Å². The number of hydrogen-bond donors (Lipinski definition) is 1. The number of aromatic hydroxyl groups is 1. The number of aryl methyl sites for hydroxylation is 1. The van der Waals surface area contributed by atoms with Crippen LogP contribution in [0.4, 0.5) is 5.69 Å². The van der Waals surface area contributed by atoms with Crippen molar-refractivity contribution in [2.45, 2.75) is 6.92 Å². The van der Waals surface area contributed by atoms with Crippen LogP contribution in [-0.4, -0.2) is 25.5 Å². The molecule has 13 heavy (non-hydrogen) atoms. The molecule has 0 heterocycles. The van der Waals surface area contributed by atoms with Gasteiger partial charge in [-0.15, -0.1) is 0 Å². The number of nitrogens with zero attached hydrogens (tertiary/aromatic N) is 2. The molecule has 0 aliphatic carbocycles. The van der Waals surface area contributed by atoms with E-state index in [1.807, 2.05) is 24.9 Å². The first-order chi connectivity index (χ1) is 6.15. The van der Waals surface area contributed by atoms with Crippen molar-refractivity contribution in [2.75, 3.05) is 19.0 Å². The number of benzene rings is 1. The number of aliphatic imine (C=N–C) groups is 1. The lowest BCUT2D eigenvalue weighted by Gasteiger charge is -2.15. The zero-order valence-corrected chi connectivity index (χ0v) is 8.15. The van der Waals surface area contributed by atoms with E-state index in [4.69, 9.17) is 0 Å². The van der Waals surface area contributed by atoms with E-state index in [2.05, 4.69) is 4.99 Å². The third kappa shape index (κ3) is 2.21. The highest BCUT2D eigenvalue weighted by Crippen LogP contribution is 2.22. The van der Waals surface area contributed by atoms with E-state index >= 15 is 0 Å². The molecule has 0 atom stereocenters. The summed E-state index contributed by atoms with van der Waals surface area (Å²) in [6.07, 6.45) is 1.74. The minimum Gasteiger partial charge on any atom is -0.508 e. The fraction of sp³-hybridized carbons (Fsp3) is 0.300. The molecule has 0 spiro atoms. The minimum absolute atomic E-state index is 0.295. The fourth-order valence-electron chi connectivity index (χ4n) is 1.27. The molecular weight excluding hydrogens is 164 g/mol. The van der Waals surface area contributed by atoms with Gasteiger partial charge in [-0.1, -0.05) is 0 Å². The van der Waals surface area contributed by atoms with Gasteiger partial charge in [-0.25, -0.2) is 0 Å². The summed E-state index contributed by atoms with van der Waals surface area (Å²) in [6, 6.07) is 5.27. The zero-order chi connectivity index (χ0) is 9.84. The van der Waals surface area contributed by atoms with Gasteiger partial charge < -0.3 is 10.0 Å². The SMILES string of the molecule is CN=CN(C)c1ccc(O)cc1C. The van der Waals surface area contributed by atoms with Gasteiger partial charge in [0, 0.05) is 19.8 Å². The van der Waals surface area contributed by atoms with Crippen LogP contribution in [0.2, 0.25) is 0 Å². The summed E-state index contributed by atoms with van der Waals surface area (Å²) in [5.41, 5.74) is 2.07. The van der Waals surface area contributed by atoms with Crippen molar-refractivity contribution in [1.82, 2.24) is 0 Å². The van der Waals surface area contributed by atoms with Crippen molar-refractivity contribution < 1.29 is 5.11 Å². The van der Waals surface area contributed by atoms with E-state index in [1.54, 1.807) is 25.5 Å². The minimum atomic E-state index is 0.295. The van der Waals surface area contributed by atoms with Crippen molar-refractivity contribution in [3.63, 3.8) is 0 Å². The van der Waals surface area contributed by atoms with E-state index in [-0.39, 0.29) is 0 Å². The molecule has 0 saturated heterocycles. The molecule has 0 unspecified atom stereocenters. The molecule has 3 heteroatoms. The molecule has 0 radical (unpaired) electrons. The van der Waals surface area contributed by atoms with Crippen LogP contribution in [0.3, 0.4) is 0 Å². The molecule has 0 amide bonds. The van der Waals surface area contributed by atoms with Crippen molar-refractivity contribution in [3.05, 3.63) is 23.8 Å². The Morgan fingerprint density at radius 1 is 1.46 bits per heavy atom. The number of rotatable bonds is 2. The molecule has 0 saturated carbocycles. The maximum absolute atomic E-state index is 9.20. The highest BCUT2D eigenvalue weighted by Gasteiger charge is 2.01. The Morgan fingerprint density at radius 3 is 2.69 bits per heavy atom. The molecule has 3 nitrogen and oxygen atoms in total. The third-order valence-corrected chi connectivity index (χ3v) is 1.85. The predicted octanol–water partition coefficient (Wildman–Crippen LogP) is 1.79. The first-order valence-corrected chi connectivity index (χ1v) is 4.10. The van der Waals surface area contributed by atoms with Gasteiger partial charge in [0.05, 0.1) is 6.34 Å². The van der Waals surface area contributed by atoms with E-state index in [1.165, 1.54) is 0 Å². The average molecular weight is 178 g/mol. The number of anilines is 1. The lowest BCUT2D eigenvalue weighted by molar-refractivity contribution is 0.475. The third-order valence-electron chi connectivity index (χ3n) is 1.85. The van der Waals surface area contributed by atoms with Gasteiger partial charge in [0.1, 0.15) is 5.75 Å². The van der Waals surface area contributed by atoms with Crippen molar-refractivity contribution >= 4 is 12.0 Å². The maximum atomic E-state index is 9.20. The van der Waals surface area contributed by atoms with E-state index in [9.17, 15) is 5.11 Å². The summed E-state index contributed by atoms with van der Waals surface area (Å²) >= 11 is 0. The molecule has 1 N–H and O–H groups in total. The van der Waals surface area contributed by atoms with E-state index < -0.39 is 0 Å². The van der Waals surface area contributed by atoms with Crippen LogP contribution in [0.15, 0.2) is 23.2 Å². The molecular formula is C10H14N2O. The Morgan fingerprint density at radius 2 is 2.15 bits per heavy atom. The summed E-state index contributed by atoms with van der Waals surface area (Å²) in [4.78, 5) is 5.83. The summed E-state index contributed by atoms with van der Waals surface area (Å²) < 4.78 is 0. The normalized spacial score (nSPS) is 10.7. The number of hydrogen-bond acceptors (Lipinski definition) is 2. The Labute approximate surface area is 78.3 Å². The first-order valence-electron chi connectivity index (χ1n) is 4.10. The highest BCUT2D eigenvalue weighted by atomic mass is 16.3. The molecule has 0 aliphatic rings. The highest BCUT2D eigenvalue weighted by molar-refractivity contribution is 5.79. The number of phenols is 1. The second kappa shape index (κ2) is 3.94. The Bertz CT molecular complexity index is 321. The smallest absolute Gasteiger partial charge is 0.115 e. The Hall–Kier alpha value is -1.51. The monoisotopic (exact) mass is 178 g/mol. The average Bonchev–Trinajstić information content (AvgIpc) is 2.04. The topological polar surface area (TPSA) is 35.8 Å². The Balaban J connectivity index is 3.01. The molecule has 1 rings (SSSR count). The molecule has 0 aliphatic heterocycles. The van der Waals surface area contributed by atoms with Gasteiger partial charge in [-0.05, 0) is 30.7 Å². The van der Waals surface area contributed by atoms with Gasteiger partial charge in [-0.2, -0.15) is 0 Å². The van der Waals surface area contributed by atoms with Crippen LogP contribution >= 0.6 is 0 Å². The van der Waals surface area contributed by atoms with Gasteiger partial charge in [0.25, 0.3) is 0 Å². The van der Waals surface area contributed by atoms with Gasteiger partial charge in [0.15, 0.2) is 0 Å². The van der Waals surface area contributed by atoms with Crippen LogP contribution in [0.1, 0.15) is 5.56 Å². The molecule has 70 valence electrons. The van der Waals surface area contributed by atoms with Crippen molar-refractivity contribution in [1.29, 1.82) is 0 Å². The molecule has 0 fully saturated rings. The zero-order valence-electron chi connectivity index (χ0n) is 8.15. The molecule has 0 aromatic heterocycles. The van der Waals surface area contributed by atoms with Gasteiger partial charge >= 0.3 is 0 Å². The van der Waals surface area contributed by atoms with E-state index in [0.29, 0.717) is 5.75 Å². The lowest BCUT2D eigenvalue weighted by Crippen LogP contribution is -2.14. The van der Waals surface area contributed by atoms with Gasteiger partial charge in [0.2, 0.25) is 0 Å². The Kier molecular flexibility index (Phi) is 2.90. The lowest BCUT2D eigenvalue weighted by atomic mass is 10.2. The van der Waals surface area contributed by atoms with Crippen molar-refractivity contribution in [3.8, 4) is 5.75 Å². The maximum Gasteiger partial charge on any atom is 0.115 e. The summed E-state index contributed by atoms with van der Waals surface area (Å²) in [7, 11) is 3.65. The molecule has 0 bridgehead atoms. The van der Waals surface area contributed by atoms with Crippen LogP contribution in [-0.2, 0) is 0 Å². The van der Waals surface area contributed by atoms with Crippen LogP contribution in [0.25, 0.3) is 0 Å². The van der Waals surface area contributed by atoms with Crippen molar-refractivity contribution in [2.24, 2.45) is 4.99 Å². The quantitative estimate of drug-likeness (QED) is 0.553. The fourth-order valence-corrected chi connectivity index (χ4v) is 1.27.